The fourth-order valence-corrected chi connectivity index (χ4v) is 5.48. The van der Waals surface area contributed by atoms with Crippen molar-refractivity contribution >= 4 is 23.7 Å². The normalized spacial score (nSPS) is 22.1. The Hall–Kier alpha value is -3.94. The van der Waals surface area contributed by atoms with Gasteiger partial charge in [-0.1, -0.05) is 94.3 Å². The Kier molecular flexibility index (Phi) is 9.63. The van der Waals surface area contributed by atoms with Crippen molar-refractivity contribution in [2.24, 2.45) is 11.3 Å². The Morgan fingerprint density at radius 3 is 2.59 bits per heavy atom. The third-order valence-electron chi connectivity index (χ3n) is 8.05. The van der Waals surface area contributed by atoms with E-state index >= 15 is 0 Å². The molecule has 0 bridgehead atoms. The third kappa shape index (κ3) is 7.43. The number of unbranched alkanes of at least 4 members (excludes halogenated alkanes) is 1. The summed E-state index contributed by atoms with van der Waals surface area (Å²) < 4.78 is 5.79. The number of ether oxygens (including phenoxy) is 1. The number of alkyl carbamates (subject to hydrolysis) is 1. The zero-order chi connectivity index (χ0) is 29.6. The van der Waals surface area contributed by atoms with Gasteiger partial charge in [-0.2, -0.15) is 0 Å². The van der Waals surface area contributed by atoms with Gasteiger partial charge in [-0.3, -0.25) is 14.4 Å². The maximum absolute atomic E-state index is 13.4. The number of Topliss-reactive ketones (excluding diaryl/α,β-unsaturated/α-hetero) is 1. The molecule has 4 atom stereocenters. The van der Waals surface area contributed by atoms with Crippen LogP contribution in [0, 0.1) is 11.3 Å². The number of rotatable bonds is 10. The average molecular weight is 560 g/mol. The fourth-order valence-electron chi connectivity index (χ4n) is 5.48. The minimum absolute atomic E-state index is 0.0845. The van der Waals surface area contributed by atoms with E-state index in [9.17, 15) is 19.2 Å². The predicted octanol–water partition coefficient (Wildman–Crippen LogP) is 4.95. The Labute approximate surface area is 242 Å². The Morgan fingerprint density at radius 1 is 1.10 bits per heavy atom. The summed E-state index contributed by atoms with van der Waals surface area (Å²) in [6.45, 7) is 8.37. The maximum atomic E-state index is 13.4. The standard InChI is InChI=1S/C33H41N3O5/c1-5-6-16-27(29(37)30(38)34-22(2)23-12-8-7-9-13-23)35-32(40)41-28-20-36(21-33(28,3)4)31(39)26-18-17-24-14-10-11-15-25(24)19-26/h7-15,18-19,22,24,27-28H,5-6,16-17,20-21H2,1-4H3,(H,34,38)(H,35,40)/t22-,24?,27+,28-/m1/s1. The van der Waals surface area contributed by atoms with E-state index in [2.05, 4.69) is 16.7 Å². The Balaban J connectivity index is 1.36. The van der Waals surface area contributed by atoms with E-state index in [0.717, 1.165) is 24.0 Å². The van der Waals surface area contributed by atoms with Crippen LogP contribution in [0.2, 0.25) is 0 Å². The Morgan fingerprint density at radius 2 is 1.85 bits per heavy atom. The molecule has 0 aromatic heterocycles. The number of fused-ring (bicyclic) bond motifs is 1. The van der Waals surface area contributed by atoms with E-state index in [0.29, 0.717) is 30.9 Å². The van der Waals surface area contributed by atoms with E-state index in [-0.39, 0.29) is 18.5 Å². The molecule has 1 aromatic rings. The molecule has 2 aliphatic carbocycles. The number of nitrogens with one attached hydrogen (secondary N) is 2. The first-order valence-electron chi connectivity index (χ1n) is 14.5. The van der Waals surface area contributed by atoms with Crippen LogP contribution in [0.1, 0.15) is 65.0 Å². The number of benzene rings is 1. The summed E-state index contributed by atoms with van der Waals surface area (Å²) in [7, 11) is 0. The lowest BCUT2D eigenvalue weighted by molar-refractivity contribution is -0.139. The van der Waals surface area contributed by atoms with E-state index in [1.807, 2.05) is 81.5 Å². The van der Waals surface area contributed by atoms with Gasteiger partial charge in [0.05, 0.1) is 12.6 Å². The molecule has 4 rings (SSSR count). The number of ketones is 1. The van der Waals surface area contributed by atoms with Crippen molar-refractivity contribution < 1.29 is 23.9 Å². The van der Waals surface area contributed by atoms with Gasteiger partial charge in [0.25, 0.3) is 11.8 Å². The van der Waals surface area contributed by atoms with Crippen molar-refractivity contribution in [1.82, 2.24) is 15.5 Å². The van der Waals surface area contributed by atoms with Crippen LogP contribution in [-0.2, 0) is 19.1 Å². The lowest BCUT2D eigenvalue weighted by Crippen LogP contribution is -2.49. The molecule has 1 saturated heterocycles. The van der Waals surface area contributed by atoms with Crippen LogP contribution in [-0.4, -0.2) is 53.8 Å². The fraction of sp³-hybridized carbons (Fsp3) is 0.455. The highest BCUT2D eigenvalue weighted by Gasteiger charge is 2.44. The molecule has 1 fully saturated rings. The molecule has 0 saturated carbocycles. The number of hydrogen-bond acceptors (Lipinski definition) is 5. The molecule has 1 aliphatic heterocycles. The molecular weight excluding hydrogens is 518 g/mol. The van der Waals surface area contributed by atoms with Gasteiger partial charge in [0.1, 0.15) is 12.1 Å². The molecule has 1 heterocycles. The van der Waals surface area contributed by atoms with Crippen molar-refractivity contribution in [1.29, 1.82) is 0 Å². The van der Waals surface area contributed by atoms with Crippen LogP contribution < -0.4 is 10.6 Å². The molecule has 3 amide bonds. The zero-order valence-corrected chi connectivity index (χ0v) is 24.4. The predicted molar refractivity (Wildman–Crippen MR) is 158 cm³/mol. The monoisotopic (exact) mass is 559 g/mol. The smallest absolute Gasteiger partial charge is 0.408 e. The Bertz CT molecular complexity index is 1280. The summed E-state index contributed by atoms with van der Waals surface area (Å²) in [5.74, 6) is -1.24. The topological polar surface area (TPSA) is 105 Å². The van der Waals surface area contributed by atoms with Crippen molar-refractivity contribution in [3.63, 3.8) is 0 Å². The maximum Gasteiger partial charge on any atom is 0.408 e. The summed E-state index contributed by atoms with van der Waals surface area (Å²) in [4.78, 5) is 54.0. The summed E-state index contributed by atoms with van der Waals surface area (Å²) in [5, 5.41) is 5.38. The summed E-state index contributed by atoms with van der Waals surface area (Å²) in [6, 6.07) is 8.00. The molecule has 3 aliphatic rings. The molecule has 41 heavy (non-hydrogen) atoms. The lowest BCUT2D eigenvalue weighted by atomic mass is 9.85. The number of likely N-dealkylation sites (tertiary alicyclic amines) is 1. The highest BCUT2D eigenvalue weighted by atomic mass is 16.6. The van der Waals surface area contributed by atoms with Gasteiger partial charge in [0, 0.05) is 23.5 Å². The summed E-state index contributed by atoms with van der Waals surface area (Å²) >= 11 is 0. The lowest BCUT2D eigenvalue weighted by Gasteiger charge is -2.26. The molecule has 0 spiro atoms. The first-order chi connectivity index (χ1) is 19.6. The number of carbonyl (C=O) groups excluding carboxylic acids is 4. The van der Waals surface area contributed by atoms with Crippen LogP contribution in [0.3, 0.4) is 0 Å². The molecule has 2 N–H and O–H groups in total. The van der Waals surface area contributed by atoms with Gasteiger partial charge >= 0.3 is 6.09 Å². The third-order valence-corrected chi connectivity index (χ3v) is 8.05. The summed E-state index contributed by atoms with van der Waals surface area (Å²) in [6.07, 6.45) is 13.3. The molecule has 1 aromatic carbocycles. The van der Waals surface area contributed by atoms with Crippen LogP contribution in [0.15, 0.2) is 77.9 Å². The molecular formula is C33H41N3O5. The molecule has 8 heteroatoms. The van der Waals surface area contributed by atoms with Crippen LogP contribution in [0.25, 0.3) is 0 Å². The van der Waals surface area contributed by atoms with E-state index in [4.69, 9.17) is 4.74 Å². The second kappa shape index (κ2) is 13.1. The van der Waals surface area contributed by atoms with Crippen LogP contribution in [0.4, 0.5) is 4.79 Å². The summed E-state index contributed by atoms with van der Waals surface area (Å²) in [5.41, 5.74) is 2.16. The second-order valence-corrected chi connectivity index (χ2v) is 11.8. The number of nitrogens with zero attached hydrogens (tertiary/aromatic N) is 1. The first kappa shape index (κ1) is 30.0. The molecule has 0 radical (unpaired) electrons. The minimum atomic E-state index is -1.00. The van der Waals surface area contributed by atoms with Crippen molar-refractivity contribution in [3.8, 4) is 0 Å². The van der Waals surface area contributed by atoms with Crippen molar-refractivity contribution in [3.05, 3.63) is 83.5 Å². The highest BCUT2D eigenvalue weighted by molar-refractivity contribution is 6.38. The second-order valence-electron chi connectivity index (χ2n) is 11.8. The van der Waals surface area contributed by atoms with Crippen LogP contribution >= 0.6 is 0 Å². The van der Waals surface area contributed by atoms with Crippen LogP contribution in [0.5, 0.6) is 0 Å². The van der Waals surface area contributed by atoms with Crippen molar-refractivity contribution in [2.45, 2.75) is 71.6 Å². The van der Waals surface area contributed by atoms with Gasteiger partial charge in [0.15, 0.2) is 0 Å². The van der Waals surface area contributed by atoms with E-state index < -0.39 is 35.3 Å². The highest BCUT2D eigenvalue weighted by Crippen LogP contribution is 2.35. The molecule has 1 unspecified atom stereocenters. The van der Waals surface area contributed by atoms with Gasteiger partial charge in [-0.05, 0) is 37.0 Å². The van der Waals surface area contributed by atoms with E-state index in [1.165, 1.54) is 0 Å². The minimum Gasteiger partial charge on any atom is -0.444 e. The largest absolute Gasteiger partial charge is 0.444 e. The average Bonchev–Trinajstić information content (AvgIpc) is 3.27. The number of allylic oxidation sites excluding steroid dienone is 6. The molecule has 8 nitrogen and oxygen atoms in total. The van der Waals surface area contributed by atoms with Gasteiger partial charge in [0.2, 0.25) is 5.78 Å². The quantitative estimate of drug-likeness (QED) is 0.395. The van der Waals surface area contributed by atoms with Gasteiger partial charge in [-0.25, -0.2) is 4.79 Å². The molecule has 218 valence electrons. The van der Waals surface area contributed by atoms with Gasteiger partial charge < -0.3 is 20.3 Å². The van der Waals surface area contributed by atoms with E-state index in [1.54, 1.807) is 11.8 Å². The van der Waals surface area contributed by atoms with Gasteiger partial charge in [-0.15, -0.1) is 0 Å². The first-order valence-corrected chi connectivity index (χ1v) is 14.5. The number of amides is 3. The number of hydrogen-bond donors (Lipinski definition) is 2. The SMILES string of the molecule is CCCC[C@H](NC(=O)O[C@@H]1CN(C(=O)C2=CCC3C=CC=CC3=C2)CC1(C)C)C(=O)C(=O)N[C@H](C)c1ccccc1. The van der Waals surface area contributed by atoms with Crippen molar-refractivity contribution in [2.75, 3.05) is 13.1 Å². The number of carbonyl (C=O) groups is 4. The zero-order valence-electron chi connectivity index (χ0n) is 24.4.